The molecule has 0 radical (unpaired) electrons. The Morgan fingerprint density at radius 1 is 1.04 bits per heavy atom. The molecule has 0 bridgehead atoms. The summed E-state index contributed by atoms with van der Waals surface area (Å²) in [4.78, 5) is 12.1. The van der Waals surface area contributed by atoms with Crippen LogP contribution in [0.4, 0.5) is 0 Å². The lowest BCUT2D eigenvalue weighted by molar-refractivity contribution is -0.143. The number of sulfone groups is 1. The summed E-state index contributed by atoms with van der Waals surface area (Å²) in [6, 6.07) is 15.4. The maximum Gasteiger partial charge on any atom is 0.307 e. The van der Waals surface area contributed by atoms with Crippen LogP contribution in [0.5, 0.6) is 5.75 Å². The molecule has 0 N–H and O–H groups in total. The standard InChI is InChI=1S/C19H22O5S/c1-3-24-19(20)14-18(13-15-7-5-4-6-8-15)25(21,22)17-11-9-16(23-2)10-12-17/h4-12,18H,3,13-14H2,1-2H3. The molecule has 0 fully saturated rings. The number of carbonyl (C=O) groups excluding carboxylic acids is 1. The SMILES string of the molecule is CCOC(=O)CC(Cc1ccccc1)S(=O)(=O)c1ccc(OC)cc1. The van der Waals surface area contributed by atoms with Crippen molar-refractivity contribution in [2.45, 2.75) is 29.9 Å². The number of esters is 1. The largest absolute Gasteiger partial charge is 0.497 e. The van der Waals surface area contributed by atoms with Gasteiger partial charge in [0, 0.05) is 0 Å². The van der Waals surface area contributed by atoms with Gasteiger partial charge < -0.3 is 9.47 Å². The summed E-state index contributed by atoms with van der Waals surface area (Å²) in [6.07, 6.45) is 0.0606. The minimum absolute atomic E-state index is 0.165. The molecule has 2 aromatic carbocycles. The number of carbonyl (C=O) groups is 1. The quantitative estimate of drug-likeness (QED) is 0.675. The van der Waals surface area contributed by atoms with Gasteiger partial charge in [-0.25, -0.2) is 8.42 Å². The fraction of sp³-hybridized carbons (Fsp3) is 0.316. The van der Waals surface area contributed by atoms with Crippen LogP contribution < -0.4 is 4.74 Å². The summed E-state index contributed by atoms with van der Waals surface area (Å²) in [7, 11) is -2.18. The second-order valence-electron chi connectivity index (χ2n) is 5.54. The van der Waals surface area contributed by atoms with Crippen molar-refractivity contribution in [2.24, 2.45) is 0 Å². The molecule has 1 unspecified atom stereocenters. The Bertz CT molecular complexity index is 782. The molecule has 2 rings (SSSR count). The number of benzene rings is 2. The second-order valence-corrected chi connectivity index (χ2v) is 7.77. The van der Waals surface area contributed by atoms with Crippen LogP contribution in [0.1, 0.15) is 18.9 Å². The van der Waals surface area contributed by atoms with Gasteiger partial charge in [0.05, 0.1) is 30.3 Å². The van der Waals surface area contributed by atoms with Crippen molar-refractivity contribution in [1.29, 1.82) is 0 Å². The van der Waals surface area contributed by atoms with Crippen LogP contribution in [0.2, 0.25) is 0 Å². The van der Waals surface area contributed by atoms with E-state index in [1.165, 1.54) is 19.2 Å². The van der Waals surface area contributed by atoms with Gasteiger partial charge in [0.2, 0.25) is 0 Å². The van der Waals surface area contributed by atoms with Gasteiger partial charge in [-0.3, -0.25) is 4.79 Å². The van der Waals surface area contributed by atoms with Crippen molar-refractivity contribution < 1.29 is 22.7 Å². The van der Waals surface area contributed by atoms with Crippen molar-refractivity contribution >= 4 is 15.8 Å². The molecule has 0 heterocycles. The third kappa shape index (κ3) is 5.06. The van der Waals surface area contributed by atoms with Crippen molar-refractivity contribution in [3.63, 3.8) is 0 Å². The molecule has 0 aromatic heterocycles. The van der Waals surface area contributed by atoms with E-state index < -0.39 is 21.1 Å². The first-order chi connectivity index (χ1) is 12.0. The van der Waals surface area contributed by atoms with Gasteiger partial charge in [-0.15, -0.1) is 0 Å². The van der Waals surface area contributed by atoms with Crippen molar-refractivity contribution in [3.05, 3.63) is 60.2 Å². The van der Waals surface area contributed by atoms with Crippen LogP contribution in [0, 0.1) is 0 Å². The van der Waals surface area contributed by atoms with Gasteiger partial charge in [0.15, 0.2) is 9.84 Å². The molecule has 25 heavy (non-hydrogen) atoms. The predicted octanol–water partition coefficient (Wildman–Crippen LogP) is 3.03. The zero-order valence-electron chi connectivity index (χ0n) is 14.3. The number of ether oxygens (including phenoxy) is 2. The van der Waals surface area contributed by atoms with Crippen LogP contribution in [-0.2, 0) is 25.8 Å². The number of methoxy groups -OCH3 is 1. The Balaban J connectivity index is 2.32. The van der Waals surface area contributed by atoms with E-state index in [9.17, 15) is 13.2 Å². The molecular formula is C19H22O5S. The van der Waals surface area contributed by atoms with Crippen molar-refractivity contribution in [1.82, 2.24) is 0 Å². The highest BCUT2D eigenvalue weighted by Gasteiger charge is 2.30. The molecule has 5 nitrogen and oxygen atoms in total. The number of hydrogen-bond donors (Lipinski definition) is 0. The van der Waals surface area contributed by atoms with E-state index in [-0.39, 0.29) is 24.3 Å². The second kappa shape index (κ2) is 8.67. The summed E-state index contributed by atoms with van der Waals surface area (Å²) >= 11 is 0. The van der Waals surface area contributed by atoms with E-state index >= 15 is 0 Å². The smallest absolute Gasteiger partial charge is 0.307 e. The van der Waals surface area contributed by atoms with Gasteiger partial charge in [-0.2, -0.15) is 0 Å². The Labute approximate surface area is 148 Å². The molecule has 0 aliphatic rings. The normalized spacial score (nSPS) is 12.4. The first-order valence-corrected chi connectivity index (χ1v) is 9.59. The lowest BCUT2D eigenvalue weighted by Gasteiger charge is -2.17. The van der Waals surface area contributed by atoms with Crippen LogP contribution in [-0.4, -0.2) is 33.4 Å². The lowest BCUT2D eigenvalue weighted by Crippen LogP contribution is -2.28. The van der Waals surface area contributed by atoms with E-state index in [0.717, 1.165) is 5.56 Å². The van der Waals surface area contributed by atoms with E-state index in [4.69, 9.17) is 9.47 Å². The highest BCUT2D eigenvalue weighted by Crippen LogP contribution is 2.24. The molecule has 0 aliphatic heterocycles. The lowest BCUT2D eigenvalue weighted by atomic mass is 10.1. The van der Waals surface area contributed by atoms with Gasteiger partial charge in [-0.1, -0.05) is 30.3 Å². The zero-order valence-corrected chi connectivity index (χ0v) is 15.2. The van der Waals surface area contributed by atoms with E-state index in [0.29, 0.717) is 5.75 Å². The summed E-state index contributed by atoms with van der Waals surface area (Å²) in [5, 5.41) is -0.887. The summed E-state index contributed by atoms with van der Waals surface area (Å²) in [6.45, 7) is 1.92. The van der Waals surface area contributed by atoms with Gasteiger partial charge in [0.25, 0.3) is 0 Å². The first kappa shape index (κ1) is 19.0. The van der Waals surface area contributed by atoms with E-state index in [2.05, 4.69) is 0 Å². The van der Waals surface area contributed by atoms with Gasteiger partial charge >= 0.3 is 5.97 Å². The Morgan fingerprint density at radius 3 is 2.24 bits per heavy atom. The molecule has 0 aliphatic carbocycles. The predicted molar refractivity (Wildman–Crippen MR) is 95.4 cm³/mol. The molecular weight excluding hydrogens is 340 g/mol. The summed E-state index contributed by atoms with van der Waals surface area (Å²) in [5.74, 6) is 0.0597. The summed E-state index contributed by atoms with van der Waals surface area (Å²) in [5.41, 5.74) is 0.855. The summed E-state index contributed by atoms with van der Waals surface area (Å²) < 4.78 is 36.1. The molecule has 1 atom stereocenters. The molecule has 0 saturated heterocycles. The third-order valence-electron chi connectivity index (χ3n) is 3.83. The molecule has 2 aromatic rings. The number of hydrogen-bond acceptors (Lipinski definition) is 5. The molecule has 0 amide bonds. The highest BCUT2D eigenvalue weighted by molar-refractivity contribution is 7.92. The van der Waals surface area contributed by atoms with Crippen LogP contribution in [0.15, 0.2) is 59.5 Å². The average molecular weight is 362 g/mol. The van der Waals surface area contributed by atoms with Crippen molar-refractivity contribution in [3.8, 4) is 5.75 Å². The molecule has 6 heteroatoms. The maximum absolute atomic E-state index is 13.0. The maximum atomic E-state index is 13.0. The average Bonchev–Trinajstić information content (AvgIpc) is 2.62. The highest BCUT2D eigenvalue weighted by atomic mass is 32.2. The molecule has 0 saturated carbocycles. The van der Waals surface area contributed by atoms with Crippen molar-refractivity contribution in [2.75, 3.05) is 13.7 Å². The van der Waals surface area contributed by atoms with E-state index in [1.807, 2.05) is 30.3 Å². The van der Waals surface area contributed by atoms with Gasteiger partial charge in [-0.05, 0) is 43.2 Å². The minimum atomic E-state index is -3.69. The molecule has 0 spiro atoms. The fourth-order valence-corrected chi connectivity index (χ4v) is 4.20. The fourth-order valence-electron chi connectivity index (χ4n) is 2.53. The number of rotatable bonds is 8. The molecule has 134 valence electrons. The van der Waals surface area contributed by atoms with E-state index in [1.54, 1.807) is 19.1 Å². The minimum Gasteiger partial charge on any atom is -0.497 e. The monoisotopic (exact) mass is 362 g/mol. The van der Waals surface area contributed by atoms with Gasteiger partial charge in [0.1, 0.15) is 5.75 Å². The Kier molecular flexibility index (Phi) is 6.58. The Morgan fingerprint density at radius 2 is 1.68 bits per heavy atom. The van der Waals surface area contributed by atoms with Crippen LogP contribution in [0.3, 0.4) is 0 Å². The van der Waals surface area contributed by atoms with Crippen LogP contribution in [0.25, 0.3) is 0 Å². The topological polar surface area (TPSA) is 69.7 Å². The first-order valence-electron chi connectivity index (χ1n) is 8.05. The zero-order chi connectivity index (χ0) is 18.3. The third-order valence-corrected chi connectivity index (χ3v) is 5.97. The van der Waals surface area contributed by atoms with Crippen LogP contribution >= 0.6 is 0 Å². The Hall–Kier alpha value is -2.34.